The molecule has 2 aliphatic rings. The first kappa shape index (κ1) is 21.1. The molecule has 0 fully saturated rings. The predicted molar refractivity (Wildman–Crippen MR) is 115 cm³/mol. The van der Waals surface area contributed by atoms with Gasteiger partial charge in [-0.15, -0.1) is 0 Å². The fraction of sp³-hybridized carbons (Fsp3) is 0.304. The van der Waals surface area contributed by atoms with E-state index in [-0.39, 0.29) is 18.9 Å². The number of anilines is 1. The van der Waals surface area contributed by atoms with Crippen molar-refractivity contribution in [3.63, 3.8) is 0 Å². The Morgan fingerprint density at radius 3 is 2.42 bits per heavy atom. The number of methoxy groups -OCH3 is 3. The van der Waals surface area contributed by atoms with Crippen LogP contribution in [0.3, 0.4) is 0 Å². The molecule has 2 aliphatic heterocycles. The summed E-state index contributed by atoms with van der Waals surface area (Å²) in [5, 5.41) is 0.543. The molecule has 0 N–H and O–H groups in total. The van der Waals surface area contributed by atoms with E-state index in [1.807, 2.05) is 19.1 Å². The zero-order chi connectivity index (χ0) is 22.3. The lowest BCUT2D eigenvalue weighted by molar-refractivity contribution is -0.136. The Balaban J connectivity index is 1.87. The van der Waals surface area contributed by atoms with Crippen molar-refractivity contribution in [2.24, 2.45) is 0 Å². The number of ether oxygens (including phenoxy) is 4. The molecule has 1 atom stereocenters. The van der Waals surface area contributed by atoms with E-state index in [1.165, 1.54) is 26.2 Å². The molecule has 1 unspecified atom stereocenters. The van der Waals surface area contributed by atoms with Crippen LogP contribution in [0.15, 0.2) is 41.6 Å². The lowest BCUT2D eigenvalue weighted by Gasteiger charge is -2.32. The van der Waals surface area contributed by atoms with Gasteiger partial charge in [-0.3, -0.25) is 9.69 Å². The number of carbonyl (C=O) groups is 2. The van der Waals surface area contributed by atoms with Crippen LogP contribution < -0.4 is 19.1 Å². The van der Waals surface area contributed by atoms with Gasteiger partial charge in [-0.05, 0) is 30.7 Å². The number of rotatable bonds is 5. The number of nitrogens with zero attached hydrogens (tertiary/aromatic N) is 1. The van der Waals surface area contributed by atoms with Gasteiger partial charge in [-0.1, -0.05) is 23.7 Å². The fourth-order valence-electron chi connectivity index (χ4n) is 4.14. The molecular weight excluding hydrogens is 422 g/mol. The quantitative estimate of drug-likeness (QED) is 0.650. The summed E-state index contributed by atoms with van der Waals surface area (Å²) in [6.45, 7) is 1.90. The first-order valence-corrected chi connectivity index (χ1v) is 10.1. The van der Waals surface area contributed by atoms with Crippen molar-refractivity contribution in [3.8, 4) is 17.2 Å². The second-order valence-corrected chi connectivity index (χ2v) is 7.69. The first-order chi connectivity index (χ1) is 14.9. The van der Waals surface area contributed by atoms with Crippen molar-refractivity contribution in [2.75, 3.05) is 32.8 Å². The maximum atomic E-state index is 13.3. The number of halogens is 1. The van der Waals surface area contributed by atoms with Crippen LogP contribution in [0.2, 0.25) is 5.02 Å². The monoisotopic (exact) mass is 443 g/mol. The van der Waals surface area contributed by atoms with Gasteiger partial charge in [0, 0.05) is 22.9 Å². The topological polar surface area (TPSA) is 74.3 Å². The van der Waals surface area contributed by atoms with E-state index in [9.17, 15) is 9.59 Å². The maximum absolute atomic E-state index is 13.3. The second-order valence-electron chi connectivity index (χ2n) is 7.28. The summed E-state index contributed by atoms with van der Waals surface area (Å²) < 4.78 is 21.8. The molecule has 162 valence electrons. The Labute approximate surface area is 185 Å². The van der Waals surface area contributed by atoms with E-state index in [0.717, 1.165) is 5.56 Å². The molecule has 7 nitrogen and oxygen atoms in total. The van der Waals surface area contributed by atoms with Crippen LogP contribution in [-0.2, 0) is 14.3 Å². The standard InChI is InChI=1S/C23H22ClNO6/c1-12-5-6-13(9-16(12)24)25-17-11-31-23(27)20(17)15(10-19(25)26)14-7-8-18(28-2)22(30-4)21(14)29-3/h5-9,15H,10-11H2,1-4H3. The summed E-state index contributed by atoms with van der Waals surface area (Å²) in [5.74, 6) is 0.148. The molecule has 0 aliphatic carbocycles. The number of aryl methyl sites for hydroxylation is 1. The number of hydrogen-bond donors (Lipinski definition) is 0. The highest BCUT2D eigenvalue weighted by Gasteiger charge is 2.44. The molecule has 31 heavy (non-hydrogen) atoms. The highest BCUT2D eigenvalue weighted by molar-refractivity contribution is 6.31. The Kier molecular flexibility index (Phi) is 5.54. The van der Waals surface area contributed by atoms with Crippen molar-refractivity contribution in [1.29, 1.82) is 0 Å². The van der Waals surface area contributed by atoms with E-state index in [1.54, 1.807) is 18.2 Å². The minimum Gasteiger partial charge on any atom is -0.493 e. The average molecular weight is 444 g/mol. The highest BCUT2D eigenvalue weighted by atomic mass is 35.5. The van der Waals surface area contributed by atoms with Crippen LogP contribution in [0.5, 0.6) is 17.2 Å². The van der Waals surface area contributed by atoms with Gasteiger partial charge in [-0.2, -0.15) is 0 Å². The van der Waals surface area contributed by atoms with Gasteiger partial charge in [-0.25, -0.2) is 4.79 Å². The molecule has 0 saturated carbocycles. The van der Waals surface area contributed by atoms with Crippen molar-refractivity contribution < 1.29 is 28.5 Å². The second kappa shape index (κ2) is 8.15. The van der Waals surface area contributed by atoms with Crippen LogP contribution in [0.1, 0.15) is 23.5 Å². The number of carbonyl (C=O) groups excluding carboxylic acids is 2. The summed E-state index contributed by atoms with van der Waals surface area (Å²) >= 11 is 6.28. The van der Waals surface area contributed by atoms with Gasteiger partial charge in [0.2, 0.25) is 11.7 Å². The van der Waals surface area contributed by atoms with Gasteiger partial charge in [0.25, 0.3) is 0 Å². The highest BCUT2D eigenvalue weighted by Crippen LogP contribution is 2.49. The van der Waals surface area contributed by atoms with Crippen LogP contribution >= 0.6 is 11.6 Å². The van der Waals surface area contributed by atoms with Gasteiger partial charge in [0.15, 0.2) is 11.5 Å². The largest absolute Gasteiger partial charge is 0.493 e. The normalized spacial score (nSPS) is 18.1. The Bertz CT molecular complexity index is 1110. The zero-order valence-corrected chi connectivity index (χ0v) is 18.4. The number of hydrogen-bond acceptors (Lipinski definition) is 6. The summed E-state index contributed by atoms with van der Waals surface area (Å²) in [7, 11) is 4.54. The van der Waals surface area contributed by atoms with Crippen LogP contribution in [0.25, 0.3) is 0 Å². The molecule has 0 saturated heterocycles. The van der Waals surface area contributed by atoms with Gasteiger partial charge >= 0.3 is 5.97 Å². The van der Waals surface area contributed by atoms with E-state index in [2.05, 4.69) is 0 Å². The third kappa shape index (κ3) is 3.39. The van der Waals surface area contributed by atoms with Crippen LogP contribution in [0, 0.1) is 6.92 Å². The SMILES string of the molecule is COc1ccc(C2CC(=O)N(c3ccc(C)c(Cl)c3)C3=C2C(=O)OC3)c(OC)c1OC. The molecule has 0 spiro atoms. The van der Waals surface area contributed by atoms with Crippen molar-refractivity contribution in [2.45, 2.75) is 19.3 Å². The number of esters is 1. The van der Waals surface area contributed by atoms with Crippen molar-refractivity contribution in [3.05, 3.63) is 57.8 Å². The Morgan fingerprint density at radius 1 is 1.03 bits per heavy atom. The molecule has 1 amide bonds. The summed E-state index contributed by atoms with van der Waals surface area (Å²) in [6.07, 6.45) is 0.0608. The zero-order valence-electron chi connectivity index (χ0n) is 17.7. The van der Waals surface area contributed by atoms with E-state index in [4.69, 9.17) is 30.5 Å². The lowest BCUT2D eigenvalue weighted by atomic mass is 9.83. The molecule has 4 rings (SSSR count). The Morgan fingerprint density at radius 2 is 1.77 bits per heavy atom. The van der Waals surface area contributed by atoms with Crippen molar-refractivity contribution in [1.82, 2.24) is 0 Å². The molecule has 2 aromatic carbocycles. The van der Waals surface area contributed by atoms with E-state index in [0.29, 0.717) is 44.8 Å². The summed E-state index contributed by atoms with van der Waals surface area (Å²) in [4.78, 5) is 27.5. The molecule has 0 bridgehead atoms. The Hall–Kier alpha value is -3.19. The van der Waals surface area contributed by atoms with Gasteiger partial charge in [0.05, 0.1) is 38.3 Å². The average Bonchev–Trinajstić information content (AvgIpc) is 3.15. The molecule has 2 aromatic rings. The summed E-state index contributed by atoms with van der Waals surface area (Å²) in [5.41, 5.74) is 3.10. The lowest BCUT2D eigenvalue weighted by Crippen LogP contribution is -2.37. The molecule has 2 heterocycles. The minimum atomic E-state index is -0.538. The summed E-state index contributed by atoms with van der Waals surface area (Å²) in [6, 6.07) is 8.89. The maximum Gasteiger partial charge on any atom is 0.336 e. The van der Waals surface area contributed by atoms with Gasteiger partial charge in [0.1, 0.15) is 6.61 Å². The van der Waals surface area contributed by atoms with E-state index >= 15 is 0 Å². The molecule has 0 radical (unpaired) electrons. The minimum absolute atomic E-state index is 0.0114. The first-order valence-electron chi connectivity index (χ1n) is 9.69. The van der Waals surface area contributed by atoms with Gasteiger partial charge < -0.3 is 18.9 Å². The van der Waals surface area contributed by atoms with Crippen LogP contribution in [0.4, 0.5) is 5.69 Å². The molecule has 8 heteroatoms. The van der Waals surface area contributed by atoms with Crippen molar-refractivity contribution >= 4 is 29.2 Å². The number of amides is 1. The number of benzene rings is 2. The molecular formula is C23H22ClNO6. The predicted octanol–water partition coefficient (Wildman–Crippen LogP) is 4.01. The smallest absolute Gasteiger partial charge is 0.336 e. The van der Waals surface area contributed by atoms with Crippen LogP contribution in [-0.4, -0.2) is 39.8 Å². The van der Waals surface area contributed by atoms with E-state index < -0.39 is 11.9 Å². The molecule has 0 aromatic heterocycles. The fourth-order valence-corrected chi connectivity index (χ4v) is 4.31. The number of cyclic esters (lactones) is 1. The third-order valence-electron chi connectivity index (χ3n) is 5.64. The third-order valence-corrected chi connectivity index (χ3v) is 6.05.